The second-order valence-electron chi connectivity index (χ2n) is 5.92. The SMILES string of the molecule is COC(=O)c1cccc(S(=O)(=O)NC(=O)c2cc(OC)c(OCC(N)=O)c(OC)c2)c1. The number of hydrogen-bond acceptors (Lipinski definition) is 9. The first-order valence-corrected chi connectivity index (χ1v) is 10.0. The van der Waals surface area contributed by atoms with E-state index in [1.165, 1.54) is 44.6 Å². The number of carbonyl (C=O) groups excluding carboxylic acids is 3. The van der Waals surface area contributed by atoms with Crippen molar-refractivity contribution >= 4 is 27.8 Å². The Morgan fingerprint density at radius 2 is 1.58 bits per heavy atom. The van der Waals surface area contributed by atoms with E-state index in [0.29, 0.717) is 0 Å². The second-order valence-corrected chi connectivity index (χ2v) is 7.60. The van der Waals surface area contributed by atoms with Gasteiger partial charge in [-0.25, -0.2) is 17.9 Å². The van der Waals surface area contributed by atoms with Gasteiger partial charge in [0.1, 0.15) is 0 Å². The van der Waals surface area contributed by atoms with E-state index in [2.05, 4.69) is 4.74 Å². The van der Waals surface area contributed by atoms with Crippen LogP contribution in [0.25, 0.3) is 0 Å². The van der Waals surface area contributed by atoms with Crippen molar-refractivity contribution in [3.05, 3.63) is 47.5 Å². The van der Waals surface area contributed by atoms with Gasteiger partial charge in [0, 0.05) is 5.56 Å². The molecule has 0 radical (unpaired) electrons. The van der Waals surface area contributed by atoms with Gasteiger partial charge in [-0.3, -0.25) is 9.59 Å². The van der Waals surface area contributed by atoms with Crippen LogP contribution in [0.3, 0.4) is 0 Å². The van der Waals surface area contributed by atoms with E-state index in [-0.39, 0.29) is 33.3 Å². The number of sulfonamides is 1. The first-order valence-electron chi connectivity index (χ1n) is 8.55. The van der Waals surface area contributed by atoms with Crippen molar-refractivity contribution in [3.8, 4) is 17.2 Å². The maximum Gasteiger partial charge on any atom is 0.337 e. The summed E-state index contributed by atoms with van der Waals surface area (Å²) < 4.78 is 47.2. The first-order chi connectivity index (χ1) is 14.6. The Balaban J connectivity index is 2.36. The lowest BCUT2D eigenvalue weighted by Crippen LogP contribution is -2.30. The molecular formula is C19H20N2O9S. The third-order valence-corrected chi connectivity index (χ3v) is 5.20. The average Bonchev–Trinajstić information content (AvgIpc) is 2.76. The number of carbonyl (C=O) groups is 3. The van der Waals surface area contributed by atoms with Crippen LogP contribution < -0.4 is 24.7 Å². The summed E-state index contributed by atoms with van der Waals surface area (Å²) in [5.74, 6) is -2.45. The zero-order chi connectivity index (χ0) is 23.2. The van der Waals surface area contributed by atoms with E-state index in [9.17, 15) is 22.8 Å². The molecule has 0 aliphatic heterocycles. The Kier molecular flexibility index (Phi) is 7.42. The molecule has 11 nitrogen and oxygen atoms in total. The van der Waals surface area contributed by atoms with Crippen LogP contribution in [0.1, 0.15) is 20.7 Å². The molecule has 2 amide bonds. The first kappa shape index (κ1) is 23.5. The van der Waals surface area contributed by atoms with Crippen LogP contribution in [0, 0.1) is 0 Å². The highest BCUT2D eigenvalue weighted by Gasteiger charge is 2.23. The molecule has 0 spiro atoms. The quantitative estimate of drug-likeness (QED) is 0.515. The van der Waals surface area contributed by atoms with E-state index < -0.39 is 34.4 Å². The van der Waals surface area contributed by atoms with E-state index in [1.54, 1.807) is 0 Å². The monoisotopic (exact) mass is 452 g/mol. The third-order valence-electron chi connectivity index (χ3n) is 3.87. The Bertz CT molecular complexity index is 1090. The largest absolute Gasteiger partial charge is 0.493 e. The fourth-order valence-electron chi connectivity index (χ4n) is 2.44. The van der Waals surface area contributed by atoms with Crippen LogP contribution in [-0.2, 0) is 19.6 Å². The summed E-state index contributed by atoms with van der Waals surface area (Å²) in [6.07, 6.45) is 0. The highest BCUT2D eigenvalue weighted by Crippen LogP contribution is 2.38. The smallest absolute Gasteiger partial charge is 0.337 e. The van der Waals surface area contributed by atoms with Gasteiger partial charge in [0.2, 0.25) is 5.75 Å². The summed E-state index contributed by atoms with van der Waals surface area (Å²) in [6, 6.07) is 7.39. The summed E-state index contributed by atoms with van der Waals surface area (Å²) >= 11 is 0. The summed E-state index contributed by atoms with van der Waals surface area (Å²) in [5.41, 5.74) is 4.92. The van der Waals surface area contributed by atoms with E-state index >= 15 is 0 Å². The molecule has 2 rings (SSSR count). The van der Waals surface area contributed by atoms with Gasteiger partial charge >= 0.3 is 5.97 Å². The predicted octanol–water partition coefficient (Wildman–Crippen LogP) is 0.473. The van der Waals surface area contributed by atoms with Gasteiger partial charge in [0.05, 0.1) is 31.8 Å². The molecule has 3 N–H and O–H groups in total. The molecule has 0 saturated carbocycles. The molecule has 0 saturated heterocycles. The number of methoxy groups -OCH3 is 3. The fraction of sp³-hybridized carbons (Fsp3) is 0.211. The molecule has 12 heteroatoms. The van der Waals surface area contributed by atoms with Crippen molar-refractivity contribution in [1.29, 1.82) is 0 Å². The summed E-state index contributed by atoms with van der Waals surface area (Å²) in [7, 11) is -0.608. The molecule has 0 unspecified atom stereocenters. The lowest BCUT2D eigenvalue weighted by molar-refractivity contribution is -0.120. The number of rotatable bonds is 9. The third kappa shape index (κ3) is 5.63. The van der Waals surface area contributed by atoms with Crippen molar-refractivity contribution in [2.45, 2.75) is 4.90 Å². The van der Waals surface area contributed by atoms with Gasteiger partial charge in [-0.2, -0.15) is 0 Å². The molecule has 0 aliphatic carbocycles. The van der Waals surface area contributed by atoms with Crippen molar-refractivity contribution in [3.63, 3.8) is 0 Å². The van der Waals surface area contributed by atoms with Gasteiger partial charge in [0.25, 0.3) is 21.8 Å². The average molecular weight is 452 g/mol. The van der Waals surface area contributed by atoms with E-state index in [4.69, 9.17) is 19.9 Å². The number of hydrogen-bond donors (Lipinski definition) is 2. The molecule has 0 aliphatic rings. The Hall–Kier alpha value is -3.80. The normalized spacial score (nSPS) is 10.7. The fourth-order valence-corrected chi connectivity index (χ4v) is 3.46. The van der Waals surface area contributed by atoms with Gasteiger partial charge < -0.3 is 24.7 Å². The van der Waals surface area contributed by atoms with Gasteiger partial charge in [-0.1, -0.05) is 6.07 Å². The summed E-state index contributed by atoms with van der Waals surface area (Å²) in [6.45, 7) is -0.469. The number of nitrogens with one attached hydrogen (secondary N) is 1. The molecule has 0 aromatic heterocycles. The van der Waals surface area contributed by atoms with Crippen LogP contribution in [0.4, 0.5) is 0 Å². The molecule has 31 heavy (non-hydrogen) atoms. The molecule has 166 valence electrons. The molecule has 0 bridgehead atoms. The van der Waals surface area contributed by atoms with Crippen molar-refractivity contribution in [2.24, 2.45) is 5.73 Å². The van der Waals surface area contributed by atoms with Crippen molar-refractivity contribution in [2.75, 3.05) is 27.9 Å². The zero-order valence-electron chi connectivity index (χ0n) is 16.8. The van der Waals surface area contributed by atoms with Crippen molar-refractivity contribution in [1.82, 2.24) is 4.72 Å². The predicted molar refractivity (Wildman–Crippen MR) is 107 cm³/mol. The van der Waals surface area contributed by atoms with E-state index in [1.807, 2.05) is 4.72 Å². The number of nitrogens with two attached hydrogens (primary N) is 1. The topological polar surface area (TPSA) is 160 Å². The lowest BCUT2D eigenvalue weighted by Gasteiger charge is -2.15. The molecular weight excluding hydrogens is 432 g/mol. The van der Waals surface area contributed by atoms with E-state index in [0.717, 1.165) is 13.2 Å². The maximum atomic E-state index is 12.6. The molecule has 2 aromatic carbocycles. The highest BCUT2D eigenvalue weighted by molar-refractivity contribution is 7.90. The molecule has 0 fully saturated rings. The highest BCUT2D eigenvalue weighted by atomic mass is 32.2. The second kappa shape index (κ2) is 9.80. The van der Waals surface area contributed by atoms with Gasteiger partial charge in [0.15, 0.2) is 18.1 Å². The number of primary amides is 1. The Labute approximate surface area is 178 Å². The van der Waals surface area contributed by atoms with Gasteiger partial charge in [-0.05, 0) is 30.3 Å². The minimum atomic E-state index is -4.32. The van der Waals surface area contributed by atoms with Crippen LogP contribution >= 0.6 is 0 Å². The summed E-state index contributed by atoms with van der Waals surface area (Å²) in [4.78, 5) is 34.9. The Morgan fingerprint density at radius 1 is 0.968 bits per heavy atom. The number of esters is 1. The van der Waals surface area contributed by atoms with Crippen molar-refractivity contribution < 1.29 is 41.7 Å². The molecule has 0 atom stereocenters. The Morgan fingerprint density at radius 3 is 2.10 bits per heavy atom. The lowest BCUT2D eigenvalue weighted by atomic mass is 10.1. The maximum absolute atomic E-state index is 12.6. The zero-order valence-corrected chi connectivity index (χ0v) is 17.6. The van der Waals surface area contributed by atoms with Crippen LogP contribution in [-0.4, -0.2) is 54.1 Å². The molecule has 2 aromatic rings. The van der Waals surface area contributed by atoms with Crippen LogP contribution in [0.2, 0.25) is 0 Å². The standard InChI is InChI=1S/C19H20N2O9S/c1-27-14-8-12(9-15(28-2)17(14)30-10-16(20)22)18(23)21-31(25,26)13-6-4-5-11(7-13)19(24)29-3/h4-9H,10H2,1-3H3,(H2,20,22)(H,21,23). The molecule has 0 heterocycles. The number of amides is 2. The number of ether oxygens (including phenoxy) is 4. The van der Waals surface area contributed by atoms with Crippen LogP contribution in [0.5, 0.6) is 17.2 Å². The summed E-state index contributed by atoms with van der Waals surface area (Å²) in [5, 5.41) is 0. The minimum Gasteiger partial charge on any atom is -0.493 e. The van der Waals surface area contributed by atoms with Gasteiger partial charge in [-0.15, -0.1) is 0 Å². The number of benzene rings is 2. The van der Waals surface area contributed by atoms with Crippen LogP contribution in [0.15, 0.2) is 41.3 Å². The minimum absolute atomic E-state index is 0.00267.